The molecule has 1 saturated heterocycles. The second-order valence-electron chi connectivity index (χ2n) is 5.42. The van der Waals surface area contributed by atoms with Gasteiger partial charge in [-0.2, -0.15) is 8.42 Å². The lowest BCUT2D eigenvalue weighted by molar-refractivity contribution is -0.0714. The van der Waals surface area contributed by atoms with E-state index in [1.807, 2.05) is 24.3 Å². The van der Waals surface area contributed by atoms with E-state index >= 15 is 0 Å². The van der Waals surface area contributed by atoms with Gasteiger partial charge in [-0.05, 0) is 23.3 Å². The van der Waals surface area contributed by atoms with Gasteiger partial charge in [-0.25, -0.2) is 4.18 Å². The Morgan fingerprint density at radius 2 is 1.76 bits per heavy atom. The molecule has 4 rings (SSSR count). The van der Waals surface area contributed by atoms with Gasteiger partial charge in [0.2, 0.25) is 0 Å². The molecule has 0 N–H and O–H groups in total. The molecule has 2 atom stereocenters. The number of fused-ring (bicyclic) bond motifs is 3. The van der Waals surface area contributed by atoms with Crippen LogP contribution in [0.2, 0.25) is 0 Å². The Kier molecular flexibility index (Phi) is 2.89. The van der Waals surface area contributed by atoms with Crippen LogP contribution in [-0.4, -0.2) is 26.1 Å². The molecule has 2 aliphatic rings. The van der Waals surface area contributed by atoms with Gasteiger partial charge >= 0.3 is 0 Å². The summed E-state index contributed by atoms with van der Waals surface area (Å²) in [6.07, 6.45) is 0.381. The zero-order chi connectivity index (χ0) is 14.4. The van der Waals surface area contributed by atoms with Crippen LogP contribution in [0.15, 0.2) is 59.5 Å². The lowest BCUT2D eigenvalue weighted by atomic mass is 9.94. The van der Waals surface area contributed by atoms with E-state index in [4.69, 9.17) is 4.18 Å². The molecule has 0 saturated carbocycles. The molecule has 1 fully saturated rings. The van der Waals surface area contributed by atoms with Gasteiger partial charge in [-0.1, -0.05) is 42.5 Å². The van der Waals surface area contributed by atoms with Crippen molar-refractivity contribution in [3.63, 3.8) is 0 Å². The van der Waals surface area contributed by atoms with Gasteiger partial charge < -0.3 is 0 Å². The predicted octanol–water partition coefficient (Wildman–Crippen LogP) is 2.53. The fourth-order valence-electron chi connectivity index (χ4n) is 3.03. The van der Waals surface area contributed by atoms with E-state index in [9.17, 15) is 8.42 Å². The molecule has 2 unspecified atom stereocenters. The molecule has 21 heavy (non-hydrogen) atoms. The number of hydrogen-bond acceptors (Lipinski definition) is 4. The second-order valence-corrected chi connectivity index (χ2v) is 6.99. The molecule has 0 aromatic heterocycles. The van der Waals surface area contributed by atoms with Crippen LogP contribution in [0.5, 0.6) is 0 Å². The smallest absolute Gasteiger partial charge is 0.266 e. The van der Waals surface area contributed by atoms with Gasteiger partial charge in [0.15, 0.2) is 0 Å². The Morgan fingerprint density at radius 1 is 1.00 bits per heavy atom. The summed E-state index contributed by atoms with van der Waals surface area (Å²) >= 11 is 0. The summed E-state index contributed by atoms with van der Waals surface area (Å²) < 4.78 is 29.8. The van der Waals surface area contributed by atoms with Gasteiger partial charge in [0.1, 0.15) is 6.23 Å². The summed E-state index contributed by atoms with van der Waals surface area (Å²) in [4.78, 5) is 2.35. The van der Waals surface area contributed by atoms with Crippen molar-refractivity contribution in [2.45, 2.75) is 23.6 Å². The van der Waals surface area contributed by atoms with Crippen LogP contribution in [0.4, 0.5) is 0 Å². The molecule has 2 aliphatic heterocycles. The van der Waals surface area contributed by atoms with Crippen molar-refractivity contribution in [2.24, 2.45) is 0 Å². The Morgan fingerprint density at radius 3 is 2.48 bits per heavy atom. The molecule has 0 amide bonds. The average molecular weight is 301 g/mol. The van der Waals surface area contributed by atoms with Crippen molar-refractivity contribution in [3.8, 4) is 0 Å². The number of benzene rings is 2. The Labute approximate surface area is 124 Å². The number of rotatable bonds is 1. The molecule has 0 radical (unpaired) electrons. The molecule has 5 heteroatoms. The van der Waals surface area contributed by atoms with Crippen LogP contribution in [0.1, 0.15) is 23.6 Å². The molecule has 2 aromatic carbocycles. The summed E-state index contributed by atoms with van der Waals surface area (Å²) in [5.41, 5.74) is 2.15. The molecule has 2 heterocycles. The number of hydrogen-bond donors (Lipinski definition) is 0. The zero-order valence-electron chi connectivity index (χ0n) is 11.3. The maximum Gasteiger partial charge on any atom is 0.298 e. The Hall–Kier alpha value is -1.69. The third-order valence-corrected chi connectivity index (χ3v) is 5.46. The summed E-state index contributed by atoms with van der Waals surface area (Å²) in [5.74, 6) is 0. The maximum absolute atomic E-state index is 12.2. The van der Waals surface area contributed by atoms with Crippen LogP contribution in [0.25, 0.3) is 0 Å². The van der Waals surface area contributed by atoms with Crippen molar-refractivity contribution in [3.05, 3.63) is 65.7 Å². The molecule has 108 valence electrons. The van der Waals surface area contributed by atoms with E-state index in [-0.39, 0.29) is 17.2 Å². The number of nitrogens with zero attached hydrogens (tertiary/aromatic N) is 1. The summed E-state index contributed by atoms with van der Waals surface area (Å²) in [5, 5.41) is 0. The van der Waals surface area contributed by atoms with Gasteiger partial charge in [0.05, 0.1) is 10.9 Å². The fourth-order valence-corrected chi connectivity index (χ4v) is 4.17. The minimum absolute atomic E-state index is 0.0420. The first-order chi connectivity index (χ1) is 10.1. The Balaban J connectivity index is 1.91. The highest BCUT2D eigenvalue weighted by molar-refractivity contribution is 7.86. The second kappa shape index (κ2) is 4.66. The first kappa shape index (κ1) is 13.0. The monoisotopic (exact) mass is 301 g/mol. The maximum atomic E-state index is 12.2. The van der Waals surface area contributed by atoms with Gasteiger partial charge in [0.25, 0.3) is 10.1 Å². The highest BCUT2D eigenvalue weighted by atomic mass is 32.2. The lowest BCUT2D eigenvalue weighted by Gasteiger charge is -2.46. The standard InChI is InChI=1S/C16H15NO3S/c18-21(19)14-8-4-7-13(11-14)16(12-5-2-1-3-6-12)17-10-9-15(17)20-21/h1-8,11,15-16H,9-10H2. The molecule has 2 bridgehead atoms. The molecule has 0 aliphatic carbocycles. The Bertz CT molecular complexity index is 773. The summed E-state index contributed by atoms with van der Waals surface area (Å²) in [6.45, 7) is 0.837. The van der Waals surface area contributed by atoms with Crippen molar-refractivity contribution in [1.29, 1.82) is 0 Å². The summed E-state index contributed by atoms with van der Waals surface area (Å²) in [6, 6.07) is 17.3. The fraction of sp³-hybridized carbons (Fsp3) is 0.250. The average Bonchev–Trinajstić information content (AvgIpc) is 2.49. The van der Waals surface area contributed by atoms with Crippen LogP contribution < -0.4 is 0 Å². The molecule has 4 nitrogen and oxygen atoms in total. The zero-order valence-corrected chi connectivity index (χ0v) is 12.2. The first-order valence-corrected chi connectivity index (χ1v) is 8.40. The lowest BCUT2D eigenvalue weighted by Crippen LogP contribution is -2.52. The summed E-state index contributed by atoms with van der Waals surface area (Å²) in [7, 11) is -3.66. The highest BCUT2D eigenvalue weighted by Crippen LogP contribution is 2.39. The van der Waals surface area contributed by atoms with E-state index in [0.29, 0.717) is 0 Å². The first-order valence-electron chi connectivity index (χ1n) is 6.99. The SMILES string of the molecule is O=S1(=O)OC2CCN2C(c2ccccc2)c2cccc1c2. The van der Waals surface area contributed by atoms with E-state index in [1.54, 1.807) is 18.2 Å². The van der Waals surface area contributed by atoms with Gasteiger partial charge in [-0.15, -0.1) is 0 Å². The van der Waals surface area contributed by atoms with Crippen LogP contribution in [0.3, 0.4) is 0 Å². The normalized spacial score (nSPS) is 27.0. The third-order valence-electron chi connectivity index (χ3n) is 4.15. The van der Waals surface area contributed by atoms with E-state index in [2.05, 4.69) is 17.0 Å². The third kappa shape index (κ3) is 2.09. The topological polar surface area (TPSA) is 46.6 Å². The van der Waals surface area contributed by atoms with E-state index in [1.165, 1.54) is 0 Å². The predicted molar refractivity (Wildman–Crippen MR) is 78.1 cm³/mol. The minimum atomic E-state index is -3.66. The highest BCUT2D eigenvalue weighted by Gasteiger charge is 2.41. The minimum Gasteiger partial charge on any atom is -0.266 e. The van der Waals surface area contributed by atoms with E-state index in [0.717, 1.165) is 24.1 Å². The van der Waals surface area contributed by atoms with Crippen LogP contribution in [0, 0.1) is 0 Å². The van der Waals surface area contributed by atoms with Crippen molar-refractivity contribution < 1.29 is 12.6 Å². The van der Waals surface area contributed by atoms with Crippen molar-refractivity contribution >= 4 is 10.1 Å². The van der Waals surface area contributed by atoms with Gasteiger partial charge in [0, 0.05) is 13.0 Å². The molecule has 0 spiro atoms. The van der Waals surface area contributed by atoms with Crippen LogP contribution in [-0.2, 0) is 14.3 Å². The quantitative estimate of drug-likeness (QED) is 0.759. The van der Waals surface area contributed by atoms with E-state index < -0.39 is 10.1 Å². The molecule has 2 aromatic rings. The molecular formula is C16H15NO3S. The van der Waals surface area contributed by atoms with Crippen molar-refractivity contribution in [2.75, 3.05) is 6.54 Å². The van der Waals surface area contributed by atoms with Crippen LogP contribution >= 0.6 is 0 Å². The van der Waals surface area contributed by atoms with Crippen molar-refractivity contribution in [1.82, 2.24) is 4.90 Å². The largest absolute Gasteiger partial charge is 0.298 e. The molecular weight excluding hydrogens is 286 g/mol. The van der Waals surface area contributed by atoms with Gasteiger partial charge in [-0.3, -0.25) is 4.90 Å².